The van der Waals surface area contributed by atoms with Crippen LogP contribution in [0.5, 0.6) is 0 Å². The second-order valence-corrected chi connectivity index (χ2v) is 14.3. The highest BCUT2D eigenvalue weighted by Crippen LogP contribution is 2.53. The van der Waals surface area contributed by atoms with Gasteiger partial charge in [0.2, 0.25) is 0 Å². The smallest absolute Gasteiger partial charge is 0.150 e. The number of nitrogens with zero attached hydrogens (tertiary/aromatic N) is 4. The predicted octanol–water partition coefficient (Wildman–Crippen LogP) is 11.0. The van der Waals surface area contributed by atoms with Crippen LogP contribution in [0, 0.1) is 0 Å². The predicted molar refractivity (Wildman–Crippen MR) is 194 cm³/mol. The Morgan fingerprint density at radius 2 is 1.46 bits per heavy atom. The molecule has 0 fully saturated rings. The van der Waals surface area contributed by atoms with Crippen molar-refractivity contribution in [3.05, 3.63) is 156 Å². The van der Waals surface area contributed by atoms with Gasteiger partial charge in [-0.3, -0.25) is 8.97 Å². The molecule has 9 aromatic rings. The zero-order chi connectivity index (χ0) is 32.1. The molecule has 0 saturated heterocycles. The number of hydrogen-bond donors (Lipinski definition) is 0. The summed E-state index contributed by atoms with van der Waals surface area (Å²) in [5.41, 5.74) is 8.38. The van der Waals surface area contributed by atoms with E-state index in [0.717, 1.165) is 49.6 Å². The minimum Gasteiger partial charge on any atom is -0.299 e. The summed E-state index contributed by atoms with van der Waals surface area (Å²) in [6, 6.07) is 39.4. The monoisotopic (exact) mass is 640 g/mol. The van der Waals surface area contributed by atoms with Crippen molar-refractivity contribution in [2.45, 2.75) is 35.2 Å². The van der Waals surface area contributed by atoms with Crippen molar-refractivity contribution in [2.24, 2.45) is 0 Å². The average Bonchev–Trinajstić information content (AvgIpc) is 3.75. The van der Waals surface area contributed by atoms with Crippen molar-refractivity contribution < 1.29 is 4.39 Å². The van der Waals surface area contributed by atoms with Crippen molar-refractivity contribution in [3.8, 4) is 5.69 Å². The normalized spacial score (nSPS) is 14.6. The molecule has 0 saturated carbocycles. The molecule has 1 aliphatic rings. The van der Waals surface area contributed by atoms with Crippen LogP contribution in [0.3, 0.4) is 0 Å². The van der Waals surface area contributed by atoms with Gasteiger partial charge in [-0.2, -0.15) is 0 Å². The molecule has 4 aromatic heterocycles. The van der Waals surface area contributed by atoms with E-state index in [0.29, 0.717) is 11.1 Å². The first-order valence-electron chi connectivity index (χ1n) is 16.2. The molecule has 0 bridgehead atoms. The van der Waals surface area contributed by atoms with Crippen LogP contribution in [0.4, 0.5) is 4.39 Å². The summed E-state index contributed by atoms with van der Waals surface area (Å²) >= 11 is 1.83. The standard InChI is InChI=1S/C42H29FN4S/c1-42(2)32-13-4-6-15-35(32)48-36-19-18-34-37(38(36)42)30-12-8-20-44-41(30)47(34)27-10-7-9-25(23-27)39(43)26-16-17-28-29-11-3-5-14-33(29)46-22-21-45-40(46)31(28)24-26/h3-24,39H,1-2H3. The summed E-state index contributed by atoms with van der Waals surface area (Å²) in [5.74, 6) is 0. The van der Waals surface area contributed by atoms with Crippen molar-refractivity contribution >= 4 is 61.0 Å². The summed E-state index contributed by atoms with van der Waals surface area (Å²) in [7, 11) is 0. The zero-order valence-electron chi connectivity index (χ0n) is 26.4. The van der Waals surface area contributed by atoms with Crippen LogP contribution in [0.25, 0.3) is 54.9 Å². The van der Waals surface area contributed by atoms with Gasteiger partial charge in [0, 0.05) is 61.0 Å². The molecule has 1 unspecified atom stereocenters. The molecule has 10 rings (SSSR count). The number of alkyl halides is 1. The molecule has 5 heterocycles. The van der Waals surface area contributed by atoms with E-state index in [2.05, 4.69) is 88.5 Å². The molecule has 1 aliphatic heterocycles. The Morgan fingerprint density at radius 1 is 0.646 bits per heavy atom. The Labute approximate surface area is 280 Å². The topological polar surface area (TPSA) is 35.1 Å². The lowest BCUT2D eigenvalue weighted by atomic mass is 9.76. The molecule has 0 aliphatic carbocycles. The van der Waals surface area contributed by atoms with Gasteiger partial charge in [0.1, 0.15) is 11.3 Å². The van der Waals surface area contributed by atoms with Gasteiger partial charge in [0.25, 0.3) is 0 Å². The first-order chi connectivity index (χ1) is 23.5. The fraction of sp³-hybridized carbons (Fsp3) is 0.0952. The van der Waals surface area contributed by atoms with E-state index in [1.54, 1.807) is 6.20 Å². The summed E-state index contributed by atoms with van der Waals surface area (Å²) in [6.07, 6.45) is 4.29. The second kappa shape index (κ2) is 10.0. The number of aromatic nitrogens is 4. The average molecular weight is 641 g/mol. The Hall–Kier alpha value is -5.46. The van der Waals surface area contributed by atoms with Gasteiger partial charge < -0.3 is 0 Å². The van der Waals surface area contributed by atoms with Gasteiger partial charge in [-0.05, 0) is 82.2 Å². The first-order valence-corrected chi connectivity index (χ1v) is 17.0. The number of benzene rings is 5. The lowest BCUT2D eigenvalue weighted by molar-refractivity contribution is 0.402. The Kier molecular flexibility index (Phi) is 5.77. The summed E-state index contributed by atoms with van der Waals surface area (Å²) in [4.78, 5) is 12.1. The first kappa shape index (κ1) is 27.6. The molecule has 0 N–H and O–H groups in total. The molecule has 230 valence electrons. The van der Waals surface area contributed by atoms with E-state index in [9.17, 15) is 0 Å². The van der Waals surface area contributed by atoms with Crippen LogP contribution in [-0.2, 0) is 5.41 Å². The maximum absolute atomic E-state index is 16.7. The van der Waals surface area contributed by atoms with Gasteiger partial charge >= 0.3 is 0 Å². The lowest BCUT2D eigenvalue weighted by Crippen LogP contribution is -2.24. The fourth-order valence-electron chi connectivity index (χ4n) is 7.97. The molecular weight excluding hydrogens is 612 g/mol. The van der Waals surface area contributed by atoms with Crippen LogP contribution >= 0.6 is 11.8 Å². The number of imidazole rings is 1. The Bertz CT molecular complexity index is 2770. The summed E-state index contributed by atoms with van der Waals surface area (Å²) < 4.78 is 21.0. The van der Waals surface area contributed by atoms with Gasteiger partial charge in [-0.1, -0.05) is 86.3 Å². The van der Waals surface area contributed by atoms with Crippen LogP contribution in [0.1, 0.15) is 42.3 Å². The van der Waals surface area contributed by atoms with Gasteiger partial charge in [0.05, 0.1) is 11.0 Å². The molecule has 4 nitrogen and oxygen atoms in total. The molecular formula is C42H29FN4S. The largest absolute Gasteiger partial charge is 0.299 e. The highest BCUT2D eigenvalue weighted by atomic mass is 32.2. The van der Waals surface area contributed by atoms with E-state index in [-0.39, 0.29) is 5.41 Å². The highest BCUT2D eigenvalue weighted by molar-refractivity contribution is 7.99. The van der Waals surface area contributed by atoms with E-state index in [1.165, 1.54) is 26.3 Å². The van der Waals surface area contributed by atoms with E-state index in [1.807, 2.05) is 78.8 Å². The van der Waals surface area contributed by atoms with E-state index < -0.39 is 6.17 Å². The van der Waals surface area contributed by atoms with Crippen molar-refractivity contribution in [1.29, 1.82) is 0 Å². The number of para-hydroxylation sites is 1. The number of fused-ring (bicyclic) bond motifs is 12. The van der Waals surface area contributed by atoms with Gasteiger partial charge in [-0.15, -0.1) is 0 Å². The van der Waals surface area contributed by atoms with Crippen LogP contribution in [0.2, 0.25) is 0 Å². The molecule has 1 atom stereocenters. The minimum atomic E-state index is -1.32. The molecule has 0 spiro atoms. The quantitative estimate of drug-likeness (QED) is 0.180. The van der Waals surface area contributed by atoms with Gasteiger partial charge in [-0.25, -0.2) is 14.4 Å². The maximum Gasteiger partial charge on any atom is 0.150 e. The molecule has 6 heteroatoms. The van der Waals surface area contributed by atoms with Gasteiger partial charge in [0.15, 0.2) is 6.17 Å². The van der Waals surface area contributed by atoms with Crippen molar-refractivity contribution in [3.63, 3.8) is 0 Å². The SMILES string of the molecule is CC1(C)c2ccccc2Sc2ccc3c(c21)c1cccnc1n3-c1cccc(C(F)c2ccc3c4ccccc4n4ccnc4c3c2)c1. The number of hydrogen-bond acceptors (Lipinski definition) is 3. The number of halogens is 1. The van der Waals surface area contributed by atoms with E-state index in [4.69, 9.17) is 4.98 Å². The van der Waals surface area contributed by atoms with E-state index >= 15 is 4.39 Å². The Balaban J connectivity index is 1.14. The van der Waals surface area contributed by atoms with Crippen molar-refractivity contribution in [2.75, 3.05) is 0 Å². The number of pyridine rings is 2. The molecule has 0 radical (unpaired) electrons. The van der Waals surface area contributed by atoms with Crippen LogP contribution in [-0.4, -0.2) is 18.9 Å². The molecule has 5 aromatic carbocycles. The van der Waals surface area contributed by atoms with Crippen LogP contribution < -0.4 is 0 Å². The lowest BCUT2D eigenvalue weighted by Gasteiger charge is -2.35. The zero-order valence-corrected chi connectivity index (χ0v) is 27.2. The maximum atomic E-state index is 16.7. The number of rotatable bonds is 3. The summed E-state index contributed by atoms with van der Waals surface area (Å²) in [6.45, 7) is 4.64. The highest BCUT2D eigenvalue weighted by Gasteiger charge is 2.36. The fourth-order valence-corrected chi connectivity index (χ4v) is 9.38. The molecule has 48 heavy (non-hydrogen) atoms. The third kappa shape index (κ3) is 3.78. The molecule has 0 amide bonds. The summed E-state index contributed by atoms with van der Waals surface area (Å²) in [5, 5.41) is 5.43. The Morgan fingerprint density at radius 3 is 2.40 bits per heavy atom. The van der Waals surface area contributed by atoms with Crippen molar-refractivity contribution in [1.82, 2.24) is 18.9 Å². The second-order valence-electron chi connectivity index (χ2n) is 13.2. The minimum absolute atomic E-state index is 0.209. The third-order valence-electron chi connectivity index (χ3n) is 10.2. The third-order valence-corrected chi connectivity index (χ3v) is 11.3. The van der Waals surface area contributed by atoms with Crippen LogP contribution in [0.15, 0.2) is 144 Å².